The van der Waals surface area contributed by atoms with Crippen LogP contribution in [-0.4, -0.2) is 14.5 Å². The lowest BCUT2D eigenvalue weighted by atomic mass is 9.91. The predicted molar refractivity (Wildman–Crippen MR) is 119 cm³/mol. The number of rotatable bonds is 5. The second kappa shape index (κ2) is 8.59. The zero-order valence-corrected chi connectivity index (χ0v) is 16.7. The maximum atomic E-state index is 12.7. The highest BCUT2D eigenvalue weighted by molar-refractivity contribution is 5.51. The average molecular weight is 411 g/mol. The number of hydrogen-bond donors (Lipinski definition) is 2. The summed E-state index contributed by atoms with van der Waals surface area (Å²) >= 11 is 0. The highest BCUT2D eigenvalue weighted by atomic mass is 16.2. The van der Waals surface area contributed by atoms with Crippen LogP contribution in [0.15, 0.2) is 94.3 Å². The summed E-state index contributed by atoms with van der Waals surface area (Å²) in [5.41, 5.74) is 7.67. The third-order valence-electron chi connectivity index (χ3n) is 5.22. The van der Waals surface area contributed by atoms with E-state index in [4.69, 9.17) is 5.73 Å². The fourth-order valence-electron chi connectivity index (χ4n) is 3.67. The second-order valence-electron chi connectivity index (χ2n) is 7.30. The van der Waals surface area contributed by atoms with Crippen molar-refractivity contribution in [3.05, 3.63) is 122 Å². The molecule has 0 aliphatic carbocycles. The van der Waals surface area contributed by atoms with E-state index >= 15 is 0 Å². The summed E-state index contributed by atoms with van der Waals surface area (Å²) in [5, 5.41) is 9.75. The van der Waals surface area contributed by atoms with Gasteiger partial charge in [-0.2, -0.15) is 5.26 Å². The van der Waals surface area contributed by atoms with Gasteiger partial charge in [-0.05, 0) is 11.1 Å². The lowest BCUT2D eigenvalue weighted by molar-refractivity contribution is 0.484. The van der Waals surface area contributed by atoms with Crippen LogP contribution in [0, 0.1) is 11.3 Å². The summed E-state index contributed by atoms with van der Waals surface area (Å²) in [4.78, 5) is 29.3. The van der Waals surface area contributed by atoms with Crippen molar-refractivity contribution in [1.29, 1.82) is 5.26 Å². The predicted octanol–water partition coefficient (Wildman–Crippen LogP) is 2.69. The highest BCUT2D eigenvalue weighted by Crippen LogP contribution is 2.30. The van der Waals surface area contributed by atoms with Crippen LogP contribution in [-0.2, 0) is 13.1 Å². The van der Waals surface area contributed by atoms with E-state index in [1.54, 1.807) is 12.3 Å². The van der Waals surface area contributed by atoms with E-state index in [1.165, 1.54) is 4.57 Å². The maximum absolute atomic E-state index is 12.7. The number of aromatic nitrogens is 2. The Kier molecular flexibility index (Phi) is 5.54. The summed E-state index contributed by atoms with van der Waals surface area (Å²) < 4.78 is 1.32. The Morgan fingerprint density at radius 3 is 2.19 bits per heavy atom. The van der Waals surface area contributed by atoms with E-state index < -0.39 is 17.2 Å². The molecule has 1 aromatic heterocycles. The molecule has 3 aromatic rings. The molecule has 2 aromatic carbocycles. The fourth-order valence-corrected chi connectivity index (χ4v) is 3.67. The topological polar surface area (TPSA) is 108 Å². The second-order valence-corrected chi connectivity index (χ2v) is 7.30. The number of hydrogen-bond acceptors (Lipinski definition) is 5. The minimum absolute atomic E-state index is 0.0601. The SMILES string of the molecule is N#CC1=CN(Cc2ccccc2)C=CC1c1c(N)n(Cc2ccccc2)c(=O)[nH]c1=O. The average Bonchev–Trinajstić information content (AvgIpc) is 2.78. The van der Waals surface area contributed by atoms with Crippen molar-refractivity contribution in [3.8, 4) is 6.07 Å². The summed E-state index contributed by atoms with van der Waals surface area (Å²) in [5.74, 6) is -0.576. The Balaban J connectivity index is 1.69. The molecule has 0 amide bonds. The first kappa shape index (κ1) is 20.0. The molecule has 2 heterocycles. The molecule has 1 unspecified atom stereocenters. The van der Waals surface area contributed by atoms with E-state index in [0.717, 1.165) is 11.1 Å². The van der Waals surface area contributed by atoms with E-state index in [9.17, 15) is 14.9 Å². The normalized spacial score (nSPS) is 15.4. The van der Waals surface area contributed by atoms with Gasteiger partial charge < -0.3 is 10.6 Å². The number of nitrogens with two attached hydrogens (primary N) is 1. The van der Waals surface area contributed by atoms with Crippen LogP contribution in [0.1, 0.15) is 22.6 Å². The zero-order valence-electron chi connectivity index (χ0n) is 16.7. The third kappa shape index (κ3) is 4.19. The van der Waals surface area contributed by atoms with Crippen molar-refractivity contribution in [2.45, 2.75) is 19.0 Å². The number of aromatic amines is 1. The summed E-state index contributed by atoms with van der Waals surface area (Å²) in [6, 6.07) is 21.4. The van der Waals surface area contributed by atoms with Crippen LogP contribution < -0.4 is 17.0 Å². The van der Waals surface area contributed by atoms with Gasteiger partial charge in [0.05, 0.1) is 23.8 Å². The van der Waals surface area contributed by atoms with Crippen LogP contribution in [0.3, 0.4) is 0 Å². The Hall–Kier alpha value is -4.31. The van der Waals surface area contributed by atoms with Gasteiger partial charge in [0.15, 0.2) is 0 Å². The molecular weight excluding hydrogens is 390 g/mol. The van der Waals surface area contributed by atoms with Crippen LogP contribution in [0.2, 0.25) is 0 Å². The molecule has 7 heteroatoms. The molecule has 4 rings (SSSR count). The van der Waals surface area contributed by atoms with E-state index in [1.807, 2.05) is 71.8 Å². The van der Waals surface area contributed by atoms with Gasteiger partial charge >= 0.3 is 5.69 Å². The zero-order chi connectivity index (χ0) is 21.8. The molecule has 31 heavy (non-hydrogen) atoms. The molecule has 0 saturated carbocycles. The Labute approximate surface area is 179 Å². The number of benzene rings is 2. The number of nitriles is 1. The first-order valence-electron chi connectivity index (χ1n) is 9.83. The van der Waals surface area contributed by atoms with Gasteiger partial charge in [-0.25, -0.2) is 4.79 Å². The van der Waals surface area contributed by atoms with Crippen molar-refractivity contribution in [1.82, 2.24) is 14.5 Å². The van der Waals surface area contributed by atoms with Gasteiger partial charge in [0.2, 0.25) is 0 Å². The maximum Gasteiger partial charge on any atom is 0.330 e. The highest BCUT2D eigenvalue weighted by Gasteiger charge is 2.26. The summed E-state index contributed by atoms with van der Waals surface area (Å²) in [7, 11) is 0. The molecule has 1 aliphatic heterocycles. The Morgan fingerprint density at radius 2 is 1.58 bits per heavy atom. The van der Waals surface area contributed by atoms with Crippen LogP contribution in [0.25, 0.3) is 0 Å². The van der Waals surface area contributed by atoms with Crippen molar-refractivity contribution in [2.75, 3.05) is 5.73 Å². The first-order valence-corrected chi connectivity index (χ1v) is 9.83. The molecule has 1 aliphatic rings. The summed E-state index contributed by atoms with van der Waals surface area (Å²) in [6.45, 7) is 0.812. The van der Waals surface area contributed by atoms with Crippen LogP contribution in [0.4, 0.5) is 5.82 Å². The Morgan fingerprint density at radius 1 is 0.968 bits per heavy atom. The number of nitrogen functional groups attached to an aromatic ring is 1. The number of nitrogens with one attached hydrogen (secondary N) is 1. The number of allylic oxidation sites excluding steroid dienone is 2. The van der Waals surface area contributed by atoms with Crippen molar-refractivity contribution in [2.24, 2.45) is 0 Å². The van der Waals surface area contributed by atoms with Crippen molar-refractivity contribution < 1.29 is 0 Å². The van der Waals surface area contributed by atoms with Crippen molar-refractivity contribution >= 4 is 5.82 Å². The van der Waals surface area contributed by atoms with E-state index in [0.29, 0.717) is 12.1 Å². The lowest BCUT2D eigenvalue weighted by Gasteiger charge is -2.25. The monoisotopic (exact) mass is 411 g/mol. The van der Waals surface area contributed by atoms with Gasteiger partial charge in [0, 0.05) is 24.9 Å². The molecule has 0 spiro atoms. The molecule has 1 atom stereocenters. The summed E-state index contributed by atoms with van der Waals surface area (Å²) in [6.07, 6.45) is 5.30. The number of H-pyrrole nitrogens is 1. The largest absolute Gasteiger partial charge is 0.385 e. The molecule has 0 radical (unpaired) electrons. The third-order valence-corrected chi connectivity index (χ3v) is 5.22. The van der Waals surface area contributed by atoms with Gasteiger partial charge in [-0.3, -0.25) is 14.3 Å². The van der Waals surface area contributed by atoms with Crippen LogP contribution >= 0.6 is 0 Å². The van der Waals surface area contributed by atoms with E-state index in [-0.39, 0.29) is 17.9 Å². The smallest absolute Gasteiger partial charge is 0.330 e. The van der Waals surface area contributed by atoms with Gasteiger partial charge in [0.1, 0.15) is 5.82 Å². The van der Waals surface area contributed by atoms with Gasteiger partial charge in [-0.1, -0.05) is 66.7 Å². The molecule has 0 saturated heterocycles. The van der Waals surface area contributed by atoms with E-state index in [2.05, 4.69) is 11.1 Å². The quantitative estimate of drug-likeness (QED) is 0.671. The lowest BCUT2D eigenvalue weighted by Crippen LogP contribution is -2.36. The first-order chi connectivity index (χ1) is 15.1. The van der Waals surface area contributed by atoms with Gasteiger partial charge in [0.25, 0.3) is 5.56 Å². The minimum Gasteiger partial charge on any atom is -0.385 e. The molecule has 3 N–H and O–H groups in total. The molecule has 7 nitrogen and oxygen atoms in total. The molecule has 0 bridgehead atoms. The molecule has 154 valence electrons. The standard InChI is InChI=1S/C24H21N5O2/c25-13-19-16-28(14-17-7-3-1-4-8-17)12-11-20(19)21-22(26)29(24(31)27-23(21)30)15-18-9-5-2-6-10-18/h1-12,16,20H,14-15,26H2,(H,27,30,31). The van der Waals surface area contributed by atoms with Crippen LogP contribution in [0.5, 0.6) is 0 Å². The number of anilines is 1. The minimum atomic E-state index is -0.636. The van der Waals surface area contributed by atoms with Crippen molar-refractivity contribution in [3.63, 3.8) is 0 Å². The fraction of sp³-hybridized carbons (Fsp3) is 0.125. The molecular formula is C24H21N5O2. The van der Waals surface area contributed by atoms with Gasteiger partial charge in [-0.15, -0.1) is 0 Å². The Bertz CT molecular complexity index is 1300. The number of nitrogens with zero attached hydrogens (tertiary/aromatic N) is 3. The molecule has 0 fully saturated rings.